The molecule has 4 heteroatoms. The van der Waals surface area contributed by atoms with Crippen LogP contribution in [0.15, 0.2) is 91.0 Å². The van der Waals surface area contributed by atoms with E-state index in [1.807, 2.05) is 72.8 Å². The van der Waals surface area contributed by atoms with Crippen molar-refractivity contribution >= 4 is 16.7 Å². The van der Waals surface area contributed by atoms with Crippen LogP contribution in [0.3, 0.4) is 0 Å². The molecule has 3 aliphatic rings. The molecule has 2 bridgehead atoms. The summed E-state index contributed by atoms with van der Waals surface area (Å²) in [5.74, 6) is -1.07. The zero-order valence-electron chi connectivity index (χ0n) is 16.7. The minimum absolute atomic E-state index is 0.0595. The molecule has 4 aromatic rings. The van der Waals surface area contributed by atoms with Gasteiger partial charge < -0.3 is 14.9 Å². The highest BCUT2D eigenvalue weighted by Crippen LogP contribution is 2.59. The molecule has 0 amide bonds. The van der Waals surface area contributed by atoms with Crippen molar-refractivity contribution in [2.24, 2.45) is 5.92 Å². The van der Waals surface area contributed by atoms with Gasteiger partial charge in [0.25, 0.3) is 0 Å². The number of ether oxygens (including phenoxy) is 1. The standard InChI is InChI=1S/C27H20O4/c28-25(31-19-14-13-17-7-1-2-8-18(17)15-19)24-16-26(29)20-9-3-5-11-22(20)27(24,30)23-12-6-4-10-21(23)26/h1-15,24,29-30H,16H2. The van der Waals surface area contributed by atoms with Gasteiger partial charge in [0.05, 0.1) is 5.92 Å². The molecule has 1 atom stereocenters. The molecule has 3 aliphatic carbocycles. The summed E-state index contributed by atoms with van der Waals surface area (Å²) in [6.07, 6.45) is 0.0595. The highest BCUT2D eigenvalue weighted by Gasteiger charge is 2.62. The Kier molecular flexibility index (Phi) is 3.70. The highest BCUT2D eigenvalue weighted by atomic mass is 16.5. The molecular weight excluding hydrogens is 388 g/mol. The Morgan fingerprint density at radius 1 is 0.742 bits per heavy atom. The van der Waals surface area contributed by atoms with E-state index in [4.69, 9.17) is 4.74 Å². The highest BCUT2D eigenvalue weighted by molar-refractivity contribution is 5.86. The maximum absolute atomic E-state index is 13.4. The number of esters is 1. The first kappa shape index (κ1) is 18.3. The van der Waals surface area contributed by atoms with Gasteiger partial charge in [-0.3, -0.25) is 4.79 Å². The van der Waals surface area contributed by atoms with Gasteiger partial charge in [0.1, 0.15) is 17.0 Å². The van der Waals surface area contributed by atoms with E-state index in [0.29, 0.717) is 28.0 Å². The second kappa shape index (κ2) is 6.27. The molecule has 0 radical (unpaired) electrons. The second-order valence-corrected chi connectivity index (χ2v) is 8.40. The van der Waals surface area contributed by atoms with Gasteiger partial charge in [0.2, 0.25) is 0 Å². The number of rotatable bonds is 2. The molecule has 4 aromatic carbocycles. The van der Waals surface area contributed by atoms with Crippen LogP contribution in [-0.4, -0.2) is 16.2 Å². The molecule has 0 heterocycles. The van der Waals surface area contributed by atoms with Crippen molar-refractivity contribution in [3.05, 3.63) is 113 Å². The van der Waals surface area contributed by atoms with Crippen molar-refractivity contribution in [3.8, 4) is 5.75 Å². The van der Waals surface area contributed by atoms with Crippen LogP contribution in [0.2, 0.25) is 0 Å². The van der Waals surface area contributed by atoms with Crippen LogP contribution in [0.1, 0.15) is 28.7 Å². The summed E-state index contributed by atoms with van der Waals surface area (Å²) in [7, 11) is 0. The number of fused-ring (bicyclic) bond motifs is 2. The van der Waals surface area contributed by atoms with Gasteiger partial charge in [-0.15, -0.1) is 0 Å². The van der Waals surface area contributed by atoms with Crippen LogP contribution in [0.25, 0.3) is 10.8 Å². The predicted molar refractivity (Wildman–Crippen MR) is 117 cm³/mol. The second-order valence-electron chi connectivity index (χ2n) is 8.40. The van der Waals surface area contributed by atoms with Gasteiger partial charge >= 0.3 is 5.97 Å². The van der Waals surface area contributed by atoms with Crippen LogP contribution in [-0.2, 0) is 16.0 Å². The number of carbonyl (C=O) groups is 1. The summed E-state index contributed by atoms with van der Waals surface area (Å²) >= 11 is 0. The lowest BCUT2D eigenvalue weighted by molar-refractivity contribution is -0.157. The smallest absolute Gasteiger partial charge is 0.318 e. The molecule has 0 aromatic heterocycles. The predicted octanol–water partition coefficient (Wildman–Crippen LogP) is 4.25. The molecule has 0 fully saturated rings. The maximum atomic E-state index is 13.4. The molecule has 4 nitrogen and oxygen atoms in total. The molecule has 0 spiro atoms. The van der Waals surface area contributed by atoms with Crippen LogP contribution < -0.4 is 4.74 Å². The van der Waals surface area contributed by atoms with E-state index in [0.717, 1.165) is 10.8 Å². The number of benzene rings is 4. The van der Waals surface area contributed by atoms with Crippen LogP contribution >= 0.6 is 0 Å². The lowest BCUT2D eigenvalue weighted by Gasteiger charge is -2.53. The molecule has 152 valence electrons. The van der Waals surface area contributed by atoms with Crippen molar-refractivity contribution in [2.75, 3.05) is 0 Å². The molecule has 2 N–H and O–H groups in total. The Balaban J connectivity index is 1.45. The maximum Gasteiger partial charge on any atom is 0.318 e. The van der Waals surface area contributed by atoms with Crippen molar-refractivity contribution in [1.29, 1.82) is 0 Å². The van der Waals surface area contributed by atoms with Crippen molar-refractivity contribution in [1.82, 2.24) is 0 Å². The number of hydrogen-bond donors (Lipinski definition) is 2. The van der Waals surface area contributed by atoms with E-state index < -0.39 is 23.1 Å². The van der Waals surface area contributed by atoms with Gasteiger partial charge in [-0.2, -0.15) is 0 Å². The summed E-state index contributed by atoms with van der Waals surface area (Å²) in [4.78, 5) is 13.4. The van der Waals surface area contributed by atoms with E-state index >= 15 is 0 Å². The third-order valence-electron chi connectivity index (χ3n) is 6.79. The van der Waals surface area contributed by atoms with Crippen molar-refractivity contribution in [3.63, 3.8) is 0 Å². The fraction of sp³-hybridized carbons (Fsp3) is 0.148. The first-order valence-electron chi connectivity index (χ1n) is 10.4. The molecular formula is C27H20O4. The third kappa shape index (κ3) is 2.40. The molecule has 1 unspecified atom stereocenters. The average Bonchev–Trinajstić information content (AvgIpc) is 2.81. The lowest BCUT2D eigenvalue weighted by atomic mass is 9.54. The van der Waals surface area contributed by atoms with Gasteiger partial charge in [0, 0.05) is 6.42 Å². The van der Waals surface area contributed by atoms with E-state index in [2.05, 4.69) is 0 Å². The normalized spacial score (nSPS) is 25.7. The third-order valence-corrected chi connectivity index (χ3v) is 6.79. The molecule has 0 saturated carbocycles. The zero-order valence-corrected chi connectivity index (χ0v) is 16.7. The van der Waals surface area contributed by atoms with Crippen molar-refractivity contribution < 1.29 is 19.7 Å². The topological polar surface area (TPSA) is 66.8 Å². The molecule has 0 saturated heterocycles. The minimum Gasteiger partial charge on any atom is -0.426 e. The van der Waals surface area contributed by atoms with E-state index in [-0.39, 0.29) is 6.42 Å². The SMILES string of the molecule is O=C(Oc1ccc2ccccc2c1)C1CC2(O)c3ccccc3C1(O)c1ccccc12. The fourth-order valence-electron chi connectivity index (χ4n) is 5.35. The Morgan fingerprint density at radius 2 is 1.29 bits per heavy atom. The van der Waals surface area contributed by atoms with Gasteiger partial charge in [0.15, 0.2) is 0 Å². The fourth-order valence-corrected chi connectivity index (χ4v) is 5.35. The average molecular weight is 408 g/mol. The van der Waals surface area contributed by atoms with Crippen molar-refractivity contribution in [2.45, 2.75) is 17.6 Å². The number of hydrogen-bond acceptors (Lipinski definition) is 4. The van der Waals surface area contributed by atoms with Crippen LogP contribution in [0.5, 0.6) is 5.75 Å². The van der Waals surface area contributed by atoms with Gasteiger partial charge in [-0.25, -0.2) is 0 Å². The Hall–Kier alpha value is -3.47. The summed E-state index contributed by atoms with van der Waals surface area (Å²) in [5.41, 5.74) is -0.515. The first-order chi connectivity index (χ1) is 15.0. The number of carbonyl (C=O) groups excluding carboxylic acids is 1. The quantitative estimate of drug-likeness (QED) is 0.384. The zero-order chi connectivity index (χ0) is 21.2. The lowest BCUT2D eigenvalue weighted by Crippen LogP contribution is -2.57. The first-order valence-corrected chi connectivity index (χ1v) is 10.4. The summed E-state index contributed by atoms with van der Waals surface area (Å²) < 4.78 is 5.74. The summed E-state index contributed by atoms with van der Waals surface area (Å²) in [6, 6.07) is 27.8. The Labute approximate surface area is 179 Å². The molecule has 7 rings (SSSR count). The minimum atomic E-state index is -1.56. The van der Waals surface area contributed by atoms with Crippen LogP contribution in [0, 0.1) is 5.92 Å². The Morgan fingerprint density at radius 3 is 1.94 bits per heavy atom. The van der Waals surface area contributed by atoms with Gasteiger partial charge in [-0.05, 0) is 45.2 Å². The van der Waals surface area contributed by atoms with E-state index in [1.165, 1.54) is 0 Å². The largest absolute Gasteiger partial charge is 0.426 e. The van der Waals surface area contributed by atoms with Crippen LogP contribution in [0.4, 0.5) is 0 Å². The monoisotopic (exact) mass is 408 g/mol. The van der Waals surface area contributed by atoms with E-state index in [9.17, 15) is 15.0 Å². The molecule has 0 aliphatic heterocycles. The summed E-state index contributed by atoms with van der Waals surface area (Å²) in [5, 5.41) is 25.8. The Bertz CT molecular complexity index is 1310. The number of aliphatic hydroxyl groups is 2. The molecule has 31 heavy (non-hydrogen) atoms. The van der Waals surface area contributed by atoms with E-state index in [1.54, 1.807) is 18.2 Å². The van der Waals surface area contributed by atoms with Gasteiger partial charge in [-0.1, -0.05) is 78.9 Å². The summed E-state index contributed by atoms with van der Waals surface area (Å²) in [6.45, 7) is 0.